The third-order valence-corrected chi connectivity index (χ3v) is 5.45. The highest BCUT2D eigenvalue weighted by Gasteiger charge is 2.12. The standard InChI is InChI=1S/C21H17NO2S2/c1-23-16-5-3-6-18(13-16)26-21-8-4-7-20(19(21)14-22)24-15-9-11-17(25-2)12-10-15/h3-13H,1-2H3. The first-order chi connectivity index (χ1) is 12.7. The monoisotopic (exact) mass is 379 g/mol. The minimum absolute atomic E-state index is 0.522. The molecule has 3 aromatic carbocycles. The molecule has 0 aromatic heterocycles. The van der Waals surface area contributed by atoms with Crippen molar-refractivity contribution in [3.8, 4) is 23.3 Å². The summed E-state index contributed by atoms with van der Waals surface area (Å²) in [5.74, 6) is 2.05. The van der Waals surface area contributed by atoms with Crippen molar-refractivity contribution in [3.63, 3.8) is 0 Å². The molecule has 3 rings (SSSR count). The Balaban J connectivity index is 1.87. The largest absolute Gasteiger partial charge is 0.497 e. The van der Waals surface area contributed by atoms with E-state index < -0.39 is 0 Å². The van der Waals surface area contributed by atoms with Gasteiger partial charge in [-0.2, -0.15) is 5.26 Å². The lowest BCUT2D eigenvalue weighted by atomic mass is 10.2. The molecule has 0 saturated heterocycles. The van der Waals surface area contributed by atoms with Gasteiger partial charge >= 0.3 is 0 Å². The van der Waals surface area contributed by atoms with Crippen LogP contribution >= 0.6 is 23.5 Å². The number of nitriles is 1. The molecule has 0 amide bonds. The van der Waals surface area contributed by atoms with Gasteiger partial charge in [-0.05, 0) is 60.9 Å². The SMILES string of the molecule is COc1cccc(Sc2cccc(Oc3ccc(SC)cc3)c2C#N)c1. The van der Waals surface area contributed by atoms with Gasteiger partial charge in [0.2, 0.25) is 0 Å². The molecule has 3 nitrogen and oxygen atoms in total. The Bertz CT molecular complexity index is 933. The summed E-state index contributed by atoms with van der Waals surface area (Å²) < 4.78 is 11.2. The van der Waals surface area contributed by atoms with E-state index in [2.05, 4.69) is 6.07 Å². The van der Waals surface area contributed by atoms with Crippen molar-refractivity contribution in [2.75, 3.05) is 13.4 Å². The zero-order chi connectivity index (χ0) is 18.4. The van der Waals surface area contributed by atoms with Crippen LogP contribution in [0.5, 0.6) is 17.2 Å². The lowest BCUT2D eigenvalue weighted by molar-refractivity contribution is 0.413. The number of hydrogen-bond acceptors (Lipinski definition) is 5. The molecule has 0 fully saturated rings. The molecular weight excluding hydrogens is 362 g/mol. The molecule has 0 heterocycles. The van der Waals surface area contributed by atoms with Crippen molar-refractivity contribution >= 4 is 23.5 Å². The maximum absolute atomic E-state index is 9.67. The summed E-state index contributed by atoms with van der Waals surface area (Å²) in [6.45, 7) is 0. The van der Waals surface area contributed by atoms with Crippen LogP contribution in [0.2, 0.25) is 0 Å². The van der Waals surface area contributed by atoms with E-state index in [0.29, 0.717) is 17.1 Å². The number of rotatable bonds is 6. The third kappa shape index (κ3) is 4.34. The number of nitrogens with zero attached hydrogens (tertiary/aromatic N) is 1. The molecule has 0 aliphatic carbocycles. The van der Waals surface area contributed by atoms with Gasteiger partial charge in [-0.25, -0.2) is 0 Å². The van der Waals surface area contributed by atoms with Crippen LogP contribution in [0.25, 0.3) is 0 Å². The second-order valence-corrected chi connectivity index (χ2v) is 7.29. The Morgan fingerprint density at radius 1 is 0.885 bits per heavy atom. The Morgan fingerprint density at radius 2 is 1.65 bits per heavy atom. The van der Waals surface area contributed by atoms with Crippen LogP contribution in [0.15, 0.2) is 81.4 Å². The van der Waals surface area contributed by atoms with Crippen LogP contribution in [0.3, 0.4) is 0 Å². The summed E-state index contributed by atoms with van der Waals surface area (Å²) in [4.78, 5) is 3.02. The van der Waals surface area contributed by atoms with Gasteiger partial charge in [-0.1, -0.05) is 23.9 Å². The van der Waals surface area contributed by atoms with E-state index in [9.17, 15) is 5.26 Å². The summed E-state index contributed by atoms with van der Waals surface area (Å²) in [7, 11) is 1.64. The van der Waals surface area contributed by atoms with Gasteiger partial charge in [-0.3, -0.25) is 0 Å². The first kappa shape index (κ1) is 18.2. The first-order valence-electron chi connectivity index (χ1n) is 7.90. The van der Waals surface area contributed by atoms with E-state index in [1.165, 1.54) is 16.7 Å². The van der Waals surface area contributed by atoms with Crippen molar-refractivity contribution in [2.45, 2.75) is 14.7 Å². The predicted molar refractivity (Wildman–Crippen MR) is 107 cm³/mol. The van der Waals surface area contributed by atoms with Crippen molar-refractivity contribution < 1.29 is 9.47 Å². The van der Waals surface area contributed by atoms with E-state index in [0.717, 1.165) is 15.5 Å². The quantitative estimate of drug-likeness (QED) is 0.475. The molecule has 0 N–H and O–H groups in total. The Morgan fingerprint density at radius 3 is 2.35 bits per heavy atom. The minimum atomic E-state index is 0.522. The summed E-state index contributed by atoms with van der Waals surface area (Å²) in [5, 5.41) is 9.67. The molecular formula is C21H17NO2S2. The van der Waals surface area contributed by atoms with Gasteiger partial charge < -0.3 is 9.47 Å². The molecule has 0 aliphatic rings. The van der Waals surface area contributed by atoms with Gasteiger partial charge in [0.1, 0.15) is 28.9 Å². The van der Waals surface area contributed by atoms with Crippen LogP contribution in [-0.2, 0) is 0 Å². The molecule has 0 bridgehead atoms. The van der Waals surface area contributed by atoms with Crippen LogP contribution in [0.4, 0.5) is 0 Å². The molecule has 0 aliphatic heterocycles. The van der Waals surface area contributed by atoms with Gasteiger partial charge in [0, 0.05) is 14.7 Å². The lowest BCUT2D eigenvalue weighted by Gasteiger charge is -2.11. The van der Waals surface area contributed by atoms with Crippen LogP contribution < -0.4 is 9.47 Å². The molecule has 5 heteroatoms. The first-order valence-corrected chi connectivity index (χ1v) is 9.94. The summed E-state index contributed by atoms with van der Waals surface area (Å²) in [6.07, 6.45) is 2.03. The maximum atomic E-state index is 9.67. The Hall–Kier alpha value is -2.55. The van der Waals surface area contributed by atoms with E-state index in [1.807, 2.05) is 73.0 Å². The van der Waals surface area contributed by atoms with Gasteiger partial charge in [0.15, 0.2) is 0 Å². The number of thioether (sulfide) groups is 1. The fourth-order valence-corrected chi connectivity index (χ4v) is 3.73. The van der Waals surface area contributed by atoms with Crippen LogP contribution in [0, 0.1) is 11.3 Å². The van der Waals surface area contributed by atoms with E-state index in [1.54, 1.807) is 18.9 Å². The zero-order valence-corrected chi connectivity index (χ0v) is 16.1. The molecule has 0 spiro atoms. The lowest BCUT2D eigenvalue weighted by Crippen LogP contribution is -1.91. The zero-order valence-electron chi connectivity index (χ0n) is 14.4. The second kappa shape index (κ2) is 8.70. The number of hydrogen-bond donors (Lipinski definition) is 0. The summed E-state index contributed by atoms with van der Waals surface area (Å²) >= 11 is 3.19. The van der Waals surface area contributed by atoms with Gasteiger partial charge in [0.25, 0.3) is 0 Å². The average molecular weight is 380 g/mol. The number of ether oxygens (including phenoxy) is 2. The Kier molecular flexibility index (Phi) is 6.11. The Labute approximate surface area is 162 Å². The fourth-order valence-electron chi connectivity index (χ4n) is 2.35. The van der Waals surface area contributed by atoms with E-state index in [4.69, 9.17) is 9.47 Å². The average Bonchev–Trinajstić information content (AvgIpc) is 2.69. The minimum Gasteiger partial charge on any atom is -0.497 e. The van der Waals surface area contributed by atoms with Crippen LogP contribution in [0.1, 0.15) is 5.56 Å². The maximum Gasteiger partial charge on any atom is 0.146 e. The van der Waals surface area contributed by atoms with Crippen molar-refractivity contribution in [1.29, 1.82) is 5.26 Å². The molecule has 0 saturated carbocycles. The third-order valence-electron chi connectivity index (χ3n) is 3.66. The highest BCUT2D eigenvalue weighted by atomic mass is 32.2. The predicted octanol–water partition coefficient (Wildman–Crippen LogP) is 6.23. The van der Waals surface area contributed by atoms with E-state index in [-0.39, 0.29) is 0 Å². The highest BCUT2D eigenvalue weighted by Crippen LogP contribution is 2.37. The van der Waals surface area contributed by atoms with E-state index >= 15 is 0 Å². The number of methoxy groups -OCH3 is 1. The van der Waals surface area contributed by atoms with Crippen molar-refractivity contribution in [2.24, 2.45) is 0 Å². The number of benzene rings is 3. The fraction of sp³-hybridized carbons (Fsp3) is 0.0952. The molecule has 0 unspecified atom stereocenters. The van der Waals surface area contributed by atoms with Crippen molar-refractivity contribution in [1.82, 2.24) is 0 Å². The molecule has 130 valence electrons. The highest BCUT2D eigenvalue weighted by molar-refractivity contribution is 7.99. The molecule has 0 atom stereocenters. The van der Waals surface area contributed by atoms with Crippen molar-refractivity contribution in [3.05, 3.63) is 72.3 Å². The molecule has 0 radical (unpaired) electrons. The summed E-state index contributed by atoms with van der Waals surface area (Å²) in [6, 6.07) is 23.5. The molecule has 3 aromatic rings. The molecule has 26 heavy (non-hydrogen) atoms. The normalized spacial score (nSPS) is 10.2. The van der Waals surface area contributed by atoms with Crippen LogP contribution in [-0.4, -0.2) is 13.4 Å². The smallest absolute Gasteiger partial charge is 0.146 e. The van der Waals surface area contributed by atoms with Gasteiger partial charge in [-0.15, -0.1) is 11.8 Å². The second-order valence-electron chi connectivity index (χ2n) is 5.30. The summed E-state index contributed by atoms with van der Waals surface area (Å²) in [5.41, 5.74) is 0.522. The van der Waals surface area contributed by atoms with Gasteiger partial charge in [0.05, 0.1) is 7.11 Å². The topological polar surface area (TPSA) is 42.2 Å².